The zero-order valence-corrected chi connectivity index (χ0v) is 16.3. The molecule has 0 spiro atoms. The van der Waals surface area contributed by atoms with Gasteiger partial charge in [-0.25, -0.2) is 8.42 Å². The summed E-state index contributed by atoms with van der Waals surface area (Å²) in [5.41, 5.74) is -0.382. The van der Waals surface area contributed by atoms with Gasteiger partial charge in [0.25, 0.3) is 20.9 Å². The normalized spacial score (nSPS) is 10.9. The Morgan fingerprint density at radius 1 is 1.19 bits per heavy atom. The highest BCUT2D eigenvalue weighted by Gasteiger charge is 2.26. The molecule has 0 saturated heterocycles. The first-order valence-electron chi connectivity index (χ1n) is 7.48. The molecule has 2 rings (SSSR count). The van der Waals surface area contributed by atoms with Gasteiger partial charge in [-0.2, -0.15) is 0 Å². The zero-order chi connectivity index (χ0) is 20.2. The van der Waals surface area contributed by atoms with Crippen molar-refractivity contribution in [2.24, 2.45) is 0 Å². The van der Waals surface area contributed by atoms with Crippen molar-refractivity contribution in [3.8, 4) is 5.75 Å². The van der Waals surface area contributed by atoms with E-state index in [1.54, 1.807) is 26.2 Å². The Morgan fingerprint density at radius 3 is 2.33 bits per heavy atom. The van der Waals surface area contributed by atoms with E-state index in [0.717, 1.165) is 23.9 Å². The molecule has 0 bridgehead atoms. The molecule has 0 aliphatic carbocycles. The van der Waals surface area contributed by atoms with Crippen LogP contribution in [0.25, 0.3) is 0 Å². The van der Waals surface area contributed by atoms with Gasteiger partial charge < -0.3 is 9.64 Å². The van der Waals surface area contributed by atoms with Gasteiger partial charge in [-0.05, 0) is 48.2 Å². The van der Waals surface area contributed by atoms with Crippen LogP contribution < -0.4 is 9.46 Å². The fraction of sp³-hybridized carbons (Fsp3) is 0.188. The number of amides is 1. The van der Waals surface area contributed by atoms with Gasteiger partial charge in [0, 0.05) is 24.7 Å². The first-order chi connectivity index (χ1) is 12.6. The summed E-state index contributed by atoms with van der Waals surface area (Å²) < 4.78 is 32.3. The summed E-state index contributed by atoms with van der Waals surface area (Å²) in [4.78, 5) is 23.7. The van der Waals surface area contributed by atoms with Gasteiger partial charge in [-0.3, -0.25) is 19.6 Å². The van der Waals surface area contributed by atoms with Crippen molar-refractivity contribution >= 4 is 38.4 Å². The van der Waals surface area contributed by atoms with E-state index in [4.69, 9.17) is 4.74 Å². The van der Waals surface area contributed by atoms with Gasteiger partial charge >= 0.3 is 0 Å². The lowest BCUT2D eigenvalue weighted by Crippen LogP contribution is -2.16. The van der Waals surface area contributed by atoms with Crippen molar-refractivity contribution in [3.05, 3.63) is 52.6 Å². The highest BCUT2D eigenvalue weighted by Crippen LogP contribution is 2.30. The maximum atomic E-state index is 12.6. The second-order valence-electron chi connectivity index (χ2n) is 5.48. The highest BCUT2D eigenvalue weighted by atomic mass is 32.2. The number of benzene rings is 2. The number of ether oxygens (including phenoxy) is 1. The molecule has 1 N–H and O–H groups in total. The van der Waals surface area contributed by atoms with E-state index in [1.165, 1.54) is 30.2 Å². The van der Waals surface area contributed by atoms with Gasteiger partial charge in [0.2, 0.25) is 0 Å². The van der Waals surface area contributed by atoms with Gasteiger partial charge in [-0.15, -0.1) is 0 Å². The number of nitrogens with one attached hydrogen (secondary N) is 1. The van der Waals surface area contributed by atoms with Gasteiger partial charge in [0.1, 0.15) is 5.75 Å². The van der Waals surface area contributed by atoms with E-state index in [1.807, 2.05) is 0 Å². The molecule has 0 atom stereocenters. The smallest absolute Gasteiger partial charge is 0.293 e. The monoisotopic (exact) mass is 411 g/mol. The van der Waals surface area contributed by atoms with Crippen molar-refractivity contribution in [2.45, 2.75) is 9.79 Å². The number of thioether (sulfide) groups is 1. The molecular formula is C16H17N3O6S2. The molecule has 0 aliphatic rings. The summed E-state index contributed by atoms with van der Waals surface area (Å²) in [6.07, 6.45) is 0. The first-order valence-corrected chi connectivity index (χ1v) is 9.78. The van der Waals surface area contributed by atoms with E-state index in [-0.39, 0.29) is 16.7 Å². The molecule has 27 heavy (non-hydrogen) atoms. The molecule has 11 heteroatoms. The predicted molar refractivity (Wildman–Crippen MR) is 102 cm³/mol. The van der Waals surface area contributed by atoms with E-state index in [9.17, 15) is 23.3 Å². The van der Waals surface area contributed by atoms with Crippen LogP contribution in [0.5, 0.6) is 5.75 Å². The quantitative estimate of drug-likeness (QED) is 0.440. The van der Waals surface area contributed by atoms with Crippen molar-refractivity contribution in [1.29, 1.82) is 0 Å². The molecule has 0 aliphatic heterocycles. The average Bonchev–Trinajstić information content (AvgIpc) is 2.62. The Hall–Kier alpha value is -2.79. The standard InChI is InChI=1S/C16H17N3O6S2/c1-18(2)16(20)26-13-7-4-11(5-8-13)17-27(23,24)15-9-6-12(25-3)10-14(15)19(21)22/h4-10,17H,1-3H3. The third-order valence-corrected chi connectivity index (χ3v) is 5.81. The average molecular weight is 411 g/mol. The maximum Gasteiger partial charge on any atom is 0.293 e. The third-order valence-electron chi connectivity index (χ3n) is 3.33. The Bertz CT molecular complexity index is 959. The number of sulfonamides is 1. The van der Waals surface area contributed by atoms with E-state index < -0.39 is 25.5 Å². The Labute approximate surface area is 160 Å². The fourth-order valence-corrected chi connectivity index (χ4v) is 3.86. The topological polar surface area (TPSA) is 119 Å². The molecule has 0 fully saturated rings. The molecule has 2 aromatic rings. The fourth-order valence-electron chi connectivity index (χ4n) is 1.99. The molecule has 9 nitrogen and oxygen atoms in total. The number of nitrogens with zero attached hydrogens (tertiary/aromatic N) is 2. The largest absolute Gasteiger partial charge is 0.497 e. The minimum Gasteiger partial charge on any atom is -0.497 e. The first kappa shape index (κ1) is 20.5. The molecule has 0 radical (unpaired) electrons. The van der Waals surface area contributed by atoms with E-state index in [2.05, 4.69) is 4.72 Å². The van der Waals surface area contributed by atoms with Crippen LogP contribution >= 0.6 is 11.8 Å². The van der Waals surface area contributed by atoms with Crippen molar-refractivity contribution in [1.82, 2.24) is 4.90 Å². The van der Waals surface area contributed by atoms with Crippen LogP contribution in [0.3, 0.4) is 0 Å². The number of carbonyl (C=O) groups excluding carboxylic acids is 1. The SMILES string of the molecule is COc1ccc(S(=O)(=O)Nc2ccc(SC(=O)N(C)C)cc2)c([N+](=O)[O-])c1. The summed E-state index contributed by atoms with van der Waals surface area (Å²) in [7, 11) is 0.382. The molecule has 144 valence electrons. The number of carbonyl (C=O) groups is 1. The summed E-state index contributed by atoms with van der Waals surface area (Å²) in [6.45, 7) is 0. The second kappa shape index (κ2) is 8.27. The summed E-state index contributed by atoms with van der Waals surface area (Å²) in [6, 6.07) is 9.57. The molecule has 0 unspecified atom stereocenters. The highest BCUT2D eigenvalue weighted by molar-refractivity contribution is 8.13. The van der Waals surface area contributed by atoms with Crippen molar-refractivity contribution < 1.29 is 22.9 Å². The number of nitro groups is 1. The van der Waals surface area contributed by atoms with Gasteiger partial charge in [-0.1, -0.05) is 0 Å². The van der Waals surface area contributed by atoms with Crippen LogP contribution in [-0.4, -0.2) is 44.7 Å². The number of rotatable bonds is 6. The Morgan fingerprint density at radius 2 is 1.81 bits per heavy atom. The van der Waals surface area contributed by atoms with Crippen LogP contribution in [0.1, 0.15) is 0 Å². The maximum absolute atomic E-state index is 12.6. The summed E-state index contributed by atoms with van der Waals surface area (Å²) in [5.74, 6) is 0.174. The summed E-state index contributed by atoms with van der Waals surface area (Å²) in [5, 5.41) is 11.0. The Kier molecular flexibility index (Phi) is 6.28. The van der Waals surface area contributed by atoms with E-state index in [0.29, 0.717) is 4.90 Å². The van der Waals surface area contributed by atoms with E-state index >= 15 is 0 Å². The molecule has 0 saturated carbocycles. The lowest BCUT2D eigenvalue weighted by Gasteiger charge is -2.11. The van der Waals surface area contributed by atoms with Crippen LogP contribution in [0.4, 0.5) is 16.2 Å². The molecule has 1 amide bonds. The third kappa shape index (κ3) is 5.11. The number of hydrogen-bond donors (Lipinski definition) is 1. The van der Waals surface area contributed by atoms with Gasteiger partial charge in [0.15, 0.2) is 4.90 Å². The van der Waals surface area contributed by atoms with Crippen LogP contribution in [0.15, 0.2) is 52.3 Å². The van der Waals surface area contributed by atoms with Crippen molar-refractivity contribution in [2.75, 3.05) is 25.9 Å². The Balaban J connectivity index is 2.26. The van der Waals surface area contributed by atoms with Crippen LogP contribution in [0.2, 0.25) is 0 Å². The van der Waals surface area contributed by atoms with Crippen LogP contribution in [-0.2, 0) is 10.0 Å². The number of methoxy groups -OCH3 is 1. The molecule has 0 aromatic heterocycles. The predicted octanol–water partition coefficient (Wildman–Crippen LogP) is 3.18. The van der Waals surface area contributed by atoms with Crippen molar-refractivity contribution in [3.63, 3.8) is 0 Å². The lowest BCUT2D eigenvalue weighted by atomic mass is 10.3. The zero-order valence-electron chi connectivity index (χ0n) is 14.7. The summed E-state index contributed by atoms with van der Waals surface area (Å²) >= 11 is 0.992. The number of nitro benzene ring substituents is 1. The lowest BCUT2D eigenvalue weighted by molar-refractivity contribution is -0.387. The molecule has 2 aromatic carbocycles. The van der Waals surface area contributed by atoms with Gasteiger partial charge in [0.05, 0.1) is 18.1 Å². The second-order valence-corrected chi connectivity index (χ2v) is 8.16. The number of hydrogen-bond acceptors (Lipinski definition) is 7. The number of anilines is 1. The molecule has 0 heterocycles. The van der Waals surface area contributed by atoms with Crippen LogP contribution in [0, 0.1) is 10.1 Å². The minimum absolute atomic E-state index is 0.169. The molecular weight excluding hydrogens is 394 g/mol. The minimum atomic E-state index is -4.19.